The Bertz CT molecular complexity index is 688. The monoisotopic (exact) mass is 322 g/mol. The molecule has 4 atom stereocenters. The second kappa shape index (κ2) is 6.10. The quantitative estimate of drug-likeness (QED) is 0.523. The van der Waals surface area contributed by atoms with Crippen LogP contribution in [0.1, 0.15) is 12.5 Å². The largest absolute Gasteiger partial charge is 0.457 e. The van der Waals surface area contributed by atoms with E-state index >= 15 is 0 Å². The number of nitrogens with one attached hydrogen (secondary N) is 1. The molecule has 0 spiro atoms. The summed E-state index contributed by atoms with van der Waals surface area (Å²) >= 11 is 0. The number of aliphatic hydroxyl groups is 3. The second-order valence-electron chi connectivity index (χ2n) is 5.89. The molecule has 23 heavy (non-hydrogen) atoms. The minimum Gasteiger partial charge on any atom is -0.457 e. The lowest BCUT2D eigenvalue weighted by Crippen LogP contribution is -2.51. The molecule has 7 heteroatoms. The number of hydrogen-bond donors (Lipinski definition) is 5. The Kier molecular flexibility index (Phi) is 4.31. The first-order chi connectivity index (χ1) is 11.0. The van der Waals surface area contributed by atoms with Gasteiger partial charge in [-0.3, -0.25) is 0 Å². The minimum atomic E-state index is -1.67. The third kappa shape index (κ3) is 2.71. The molecule has 1 fully saturated rings. The molecular formula is C16H22N2O5. The van der Waals surface area contributed by atoms with Crippen LogP contribution in [0, 0.1) is 0 Å². The summed E-state index contributed by atoms with van der Waals surface area (Å²) < 4.78 is 11.2. The molecule has 0 radical (unpaired) electrons. The van der Waals surface area contributed by atoms with Gasteiger partial charge in [-0.25, -0.2) is 0 Å². The Morgan fingerprint density at radius 3 is 2.78 bits per heavy atom. The fraction of sp³-hybridized carbons (Fsp3) is 0.500. The van der Waals surface area contributed by atoms with Gasteiger partial charge in [0, 0.05) is 17.1 Å². The number of H-pyrrole nitrogens is 1. The highest BCUT2D eigenvalue weighted by Crippen LogP contribution is 2.34. The van der Waals surface area contributed by atoms with Crippen LogP contribution < -0.4 is 10.5 Å². The number of hydrogen-bond acceptors (Lipinski definition) is 6. The van der Waals surface area contributed by atoms with Gasteiger partial charge in [-0.05, 0) is 43.7 Å². The lowest BCUT2D eigenvalue weighted by atomic mass is 10.1. The van der Waals surface area contributed by atoms with Crippen molar-refractivity contribution in [3.05, 3.63) is 30.0 Å². The van der Waals surface area contributed by atoms with Crippen LogP contribution in [0.2, 0.25) is 0 Å². The summed E-state index contributed by atoms with van der Waals surface area (Å²) in [6.07, 6.45) is -0.473. The number of aliphatic hydroxyl groups excluding tert-OH is 3. The summed E-state index contributed by atoms with van der Waals surface area (Å²) in [5.41, 5.74) is 7.62. The van der Waals surface area contributed by atoms with Crippen molar-refractivity contribution < 1.29 is 24.8 Å². The van der Waals surface area contributed by atoms with E-state index in [0.717, 1.165) is 22.9 Å². The molecule has 1 aromatic carbocycles. The van der Waals surface area contributed by atoms with E-state index in [-0.39, 0.29) is 0 Å². The smallest absolute Gasteiger partial charge is 0.262 e. The predicted octanol–water partition coefficient (Wildman–Crippen LogP) is -0.123. The zero-order valence-corrected chi connectivity index (χ0v) is 12.9. The average molecular weight is 322 g/mol. The maximum absolute atomic E-state index is 10.2. The van der Waals surface area contributed by atoms with Crippen LogP contribution in [0.15, 0.2) is 24.4 Å². The first-order valence-corrected chi connectivity index (χ1v) is 7.64. The Morgan fingerprint density at radius 2 is 2.17 bits per heavy atom. The molecule has 1 aliphatic rings. The van der Waals surface area contributed by atoms with Gasteiger partial charge in [-0.2, -0.15) is 0 Å². The van der Waals surface area contributed by atoms with E-state index in [1.54, 1.807) is 19.1 Å². The topological polar surface area (TPSA) is 121 Å². The molecule has 1 saturated heterocycles. The number of fused-ring (bicyclic) bond motifs is 1. The Morgan fingerprint density at radius 1 is 1.39 bits per heavy atom. The van der Waals surface area contributed by atoms with Crippen molar-refractivity contribution >= 4 is 10.9 Å². The van der Waals surface area contributed by atoms with Crippen LogP contribution in [-0.4, -0.2) is 57.6 Å². The molecule has 1 aromatic heterocycles. The van der Waals surface area contributed by atoms with Crippen molar-refractivity contribution in [2.45, 2.75) is 37.4 Å². The third-order valence-electron chi connectivity index (χ3n) is 4.30. The van der Waals surface area contributed by atoms with Crippen LogP contribution in [0.4, 0.5) is 0 Å². The van der Waals surface area contributed by atoms with Crippen molar-refractivity contribution in [3.63, 3.8) is 0 Å². The van der Waals surface area contributed by atoms with E-state index in [2.05, 4.69) is 4.98 Å². The summed E-state index contributed by atoms with van der Waals surface area (Å²) in [5, 5.41) is 30.7. The average Bonchev–Trinajstić information content (AvgIpc) is 3.03. The van der Waals surface area contributed by atoms with Gasteiger partial charge in [0.05, 0.1) is 6.10 Å². The standard InChI is InChI=1S/C16H22N2O5/c1-9-14(20)15(21)16(8-19,22-9)23-11-2-3-13-12(6-11)10(4-5-17)7-18-13/h2-3,6-7,9,14-15,18-21H,4-5,8,17H2,1H3/t9-,14-,15+,16+/m1/s1. The van der Waals surface area contributed by atoms with Crippen LogP contribution in [0.25, 0.3) is 10.9 Å². The van der Waals surface area contributed by atoms with Gasteiger partial charge in [0.1, 0.15) is 24.6 Å². The maximum Gasteiger partial charge on any atom is 0.262 e. The summed E-state index contributed by atoms with van der Waals surface area (Å²) in [6, 6.07) is 5.37. The van der Waals surface area contributed by atoms with Gasteiger partial charge in [0.2, 0.25) is 0 Å². The zero-order valence-electron chi connectivity index (χ0n) is 12.9. The van der Waals surface area contributed by atoms with Crippen molar-refractivity contribution in [2.75, 3.05) is 13.2 Å². The fourth-order valence-electron chi connectivity index (χ4n) is 3.00. The fourth-order valence-corrected chi connectivity index (χ4v) is 3.00. The van der Waals surface area contributed by atoms with Gasteiger partial charge in [0.25, 0.3) is 5.79 Å². The molecule has 126 valence electrons. The predicted molar refractivity (Wildman–Crippen MR) is 84.1 cm³/mol. The number of aromatic amines is 1. The first-order valence-electron chi connectivity index (χ1n) is 7.64. The number of nitrogens with two attached hydrogens (primary N) is 1. The Labute approximate surface area is 133 Å². The van der Waals surface area contributed by atoms with Crippen molar-refractivity contribution in [1.82, 2.24) is 4.98 Å². The van der Waals surface area contributed by atoms with Gasteiger partial charge in [-0.1, -0.05) is 0 Å². The van der Waals surface area contributed by atoms with E-state index in [4.69, 9.17) is 15.2 Å². The number of aromatic nitrogens is 1. The highest BCUT2D eigenvalue weighted by atomic mass is 16.7. The van der Waals surface area contributed by atoms with Crippen molar-refractivity contribution in [1.29, 1.82) is 0 Å². The van der Waals surface area contributed by atoms with E-state index in [1.807, 2.05) is 12.3 Å². The van der Waals surface area contributed by atoms with Crippen LogP contribution in [0.3, 0.4) is 0 Å². The highest BCUT2D eigenvalue weighted by molar-refractivity contribution is 5.84. The molecule has 0 aliphatic carbocycles. The molecule has 6 N–H and O–H groups in total. The summed E-state index contributed by atoms with van der Waals surface area (Å²) in [5.74, 6) is -1.23. The summed E-state index contributed by atoms with van der Waals surface area (Å²) in [7, 11) is 0. The van der Waals surface area contributed by atoms with Crippen molar-refractivity contribution in [2.24, 2.45) is 5.73 Å². The number of ether oxygens (including phenoxy) is 2. The Hall–Kier alpha value is -1.64. The molecule has 2 heterocycles. The first kappa shape index (κ1) is 16.2. The minimum absolute atomic E-state index is 0.435. The molecule has 3 rings (SSSR count). The van der Waals surface area contributed by atoms with Gasteiger partial charge in [-0.15, -0.1) is 0 Å². The second-order valence-corrected chi connectivity index (χ2v) is 5.89. The lowest BCUT2D eigenvalue weighted by Gasteiger charge is -2.30. The molecule has 2 aromatic rings. The van der Waals surface area contributed by atoms with Crippen LogP contribution in [-0.2, 0) is 11.2 Å². The number of benzene rings is 1. The third-order valence-corrected chi connectivity index (χ3v) is 4.30. The molecule has 0 bridgehead atoms. The SMILES string of the molecule is C[C@H]1O[C@@](CO)(Oc2ccc3[nH]cc(CCN)c3c2)[C@@H](O)[C@@H]1O. The molecular weight excluding hydrogens is 300 g/mol. The van der Waals surface area contributed by atoms with Crippen molar-refractivity contribution in [3.8, 4) is 5.75 Å². The number of rotatable bonds is 5. The summed E-state index contributed by atoms with van der Waals surface area (Å²) in [4.78, 5) is 3.16. The lowest BCUT2D eigenvalue weighted by molar-refractivity contribution is -0.226. The van der Waals surface area contributed by atoms with E-state index < -0.39 is 30.7 Å². The molecule has 7 nitrogen and oxygen atoms in total. The Balaban J connectivity index is 1.92. The van der Waals surface area contributed by atoms with Crippen LogP contribution >= 0.6 is 0 Å². The molecule has 0 unspecified atom stereocenters. The van der Waals surface area contributed by atoms with Gasteiger partial charge >= 0.3 is 0 Å². The normalized spacial score (nSPS) is 30.9. The van der Waals surface area contributed by atoms with E-state index in [9.17, 15) is 15.3 Å². The molecule has 0 amide bonds. The highest BCUT2D eigenvalue weighted by Gasteiger charge is 2.54. The van der Waals surface area contributed by atoms with Crippen LogP contribution in [0.5, 0.6) is 5.75 Å². The van der Waals surface area contributed by atoms with E-state index in [0.29, 0.717) is 12.3 Å². The van der Waals surface area contributed by atoms with Gasteiger partial charge < -0.3 is 35.5 Å². The van der Waals surface area contributed by atoms with Gasteiger partial charge in [0.15, 0.2) is 0 Å². The molecule has 1 aliphatic heterocycles. The maximum atomic E-state index is 10.2. The van der Waals surface area contributed by atoms with E-state index in [1.165, 1.54) is 0 Å². The zero-order chi connectivity index (χ0) is 16.6. The summed E-state index contributed by atoms with van der Waals surface area (Å²) in [6.45, 7) is 1.57. The molecule has 0 saturated carbocycles.